The number of benzene rings is 1. The second-order valence-electron chi connectivity index (χ2n) is 6.37. The number of pyridine rings is 1. The molecule has 0 bridgehead atoms. The molecule has 0 spiro atoms. The lowest BCUT2D eigenvalue weighted by Gasteiger charge is -2.09. The van der Waals surface area contributed by atoms with E-state index in [4.69, 9.17) is 20.0 Å². The van der Waals surface area contributed by atoms with Crippen LogP contribution in [0.5, 0.6) is 11.6 Å². The number of rotatable bonds is 3. The Kier molecular flexibility index (Phi) is 3.80. The standard InChI is InChI=1S/C21H14N4OS/c22-11-13-4-1-6-15(10-13)26-20-18-16-7-2-8-17(16)27-21(18)25-19(24-20)14-5-3-9-23-12-14/h1,3-6,9-10,12H,2,7-8H2. The zero-order valence-electron chi connectivity index (χ0n) is 14.3. The zero-order chi connectivity index (χ0) is 18.2. The molecule has 1 aliphatic rings. The first-order chi connectivity index (χ1) is 13.3. The fraction of sp³-hybridized carbons (Fsp3) is 0.143. The minimum atomic E-state index is 0.549. The molecule has 6 heteroatoms. The van der Waals surface area contributed by atoms with Gasteiger partial charge >= 0.3 is 0 Å². The first kappa shape index (κ1) is 15.9. The first-order valence-corrected chi connectivity index (χ1v) is 9.54. The maximum absolute atomic E-state index is 9.15. The number of aryl methyl sites for hydroxylation is 2. The van der Waals surface area contributed by atoms with Crippen molar-refractivity contribution in [3.8, 4) is 29.1 Å². The molecular formula is C21H14N4OS. The van der Waals surface area contributed by atoms with Crippen LogP contribution >= 0.6 is 11.3 Å². The number of hydrogen-bond acceptors (Lipinski definition) is 6. The summed E-state index contributed by atoms with van der Waals surface area (Å²) in [5, 5.41) is 10.2. The first-order valence-electron chi connectivity index (χ1n) is 8.72. The van der Waals surface area contributed by atoms with Gasteiger partial charge in [0.15, 0.2) is 5.82 Å². The molecule has 5 nitrogen and oxygen atoms in total. The molecule has 1 aliphatic carbocycles. The average Bonchev–Trinajstić information content (AvgIpc) is 3.29. The minimum Gasteiger partial charge on any atom is -0.438 e. The summed E-state index contributed by atoms with van der Waals surface area (Å²) >= 11 is 1.72. The van der Waals surface area contributed by atoms with Crippen molar-refractivity contribution < 1.29 is 4.74 Å². The summed E-state index contributed by atoms with van der Waals surface area (Å²) < 4.78 is 6.16. The Morgan fingerprint density at radius 1 is 1.11 bits per heavy atom. The Morgan fingerprint density at radius 3 is 2.93 bits per heavy atom. The summed E-state index contributed by atoms with van der Waals surface area (Å²) in [5.74, 6) is 1.75. The lowest BCUT2D eigenvalue weighted by Crippen LogP contribution is -1.96. The van der Waals surface area contributed by atoms with E-state index < -0.39 is 0 Å². The van der Waals surface area contributed by atoms with Crippen molar-refractivity contribution in [1.82, 2.24) is 15.0 Å². The van der Waals surface area contributed by atoms with E-state index in [9.17, 15) is 0 Å². The van der Waals surface area contributed by atoms with Crippen molar-refractivity contribution in [2.75, 3.05) is 0 Å². The highest BCUT2D eigenvalue weighted by Gasteiger charge is 2.24. The van der Waals surface area contributed by atoms with Crippen LogP contribution in [0.25, 0.3) is 21.6 Å². The van der Waals surface area contributed by atoms with Crippen LogP contribution in [-0.4, -0.2) is 15.0 Å². The van der Waals surface area contributed by atoms with Crippen LogP contribution in [0.3, 0.4) is 0 Å². The number of nitriles is 1. The van der Waals surface area contributed by atoms with Crippen LogP contribution in [0.4, 0.5) is 0 Å². The topological polar surface area (TPSA) is 71.7 Å². The number of aromatic nitrogens is 3. The average molecular weight is 370 g/mol. The summed E-state index contributed by atoms with van der Waals surface area (Å²) in [7, 11) is 0. The van der Waals surface area contributed by atoms with Crippen molar-refractivity contribution in [1.29, 1.82) is 5.26 Å². The predicted molar refractivity (Wildman–Crippen MR) is 104 cm³/mol. The molecule has 0 atom stereocenters. The highest BCUT2D eigenvalue weighted by Crippen LogP contribution is 2.42. The van der Waals surface area contributed by atoms with Crippen LogP contribution in [0, 0.1) is 11.3 Å². The normalized spacial score (nSPS) is 12.7. The quantitative estimate of drug-likeness (QED) is 0.512. The summed E-state index contributed by atoms with van der Waals surface area (Å²) in [4.78, 5) is 16.0. The number of nitrogens with zero attached hydrogens (tertiary/aromatic N) is 4. The van der Waals surface area contributed by atoms with Crippen molar-refractivity contribution >= 4 is 21.6 Å². The summed E-state index contributed by atoms with van der Waals surface area (Å²) in [6.45, 7) is 0. The van der Waals surface area contributed by atoms with Crippen molar-refractivity contribution in [2.45, 2.75) is 19.3 Å². The van der Waals surface area contributed by atoms with E-state index in [2.05, 4.69) is 11.1 Å². The molecular weight excluding hydrogens is 356 g/mol. The highest BCUT2D eigenvalue weighted by molar-refractivity contribution is 7.19. The number of ether oxygens (including phenoxy) is 1. The Labute approximate surface area is 159 Å². The fourth-order valence-electron chi connectivity index (χ4n) is 3.40. The van der Waals surface area contributed by atoms with E-state index in [1.807, 2.05) is 24.3 Å². The second-order valence-corrected chi connectivity index (χ2v) is 7.46. The molecule has 0 amide bonds. The second kappa shape index (κ2) is 6.45. The van der Waals surface area contributed by atoms with Gasteiger partial charge in [0, 0.05) is 22.8 Å². The van der Waals surface area contributed by atoms with Crippen LogP contribution in [0.15, 0.2) is 48.8 Å². The summed E-state index contributed by atoms with van der Waals surface area (Å²) in [6.07, 6.45) is 6.75. The molecule has 3 aromatic heterocycles. The molecule has 5 rings (SSSR count). The smallest absolute Gasteiger partial charge is 0.231 e. The number of hydrogen-bond donors (Lipinski definition) is 0. The van der Waals surface area contributed by atoms with Gasteiger partial charge in [0.2, 0.25) is 5.88 Å². The Morgan fingerprint density at radius 2 is 2.07 bits per heavy atom. The Bertz CT molecular complexity index is 1190. The Hall–Kier alpha value is -3.30. The highest BCUT2D eigenvalue weighted by atomic mass is 32.1. The van der Waals surface area contributed by atoms with Gasteiger partial charge in [-0.1, -0.05) is 6.07 Å². The van der Waals surface area contributed by atoms with E-state index in [1.54, 1.807) is 35.9 Å². The van der Waals surface area contributed by atoms with Gasteiger partial charge in [-0.2, -0.15) is 10.2 Å². The summed E-state index contributed by atoms with van der Waals surface area (Å²) in [5.41, 5.74) is 2.71. The SMILES string of the molecule is N#Cc1cccc(Oc2nc(-c3cccnc3)nc3sc4c(c23)CCC4)c1. The Balaban J connectivity index is 1.69. The molecule has 0 aliphatic heterocycles. The third kappa shape index (κ3) is 2.82. The number of thiophene rings is 1. The van der Waals surface area contributed by atoms with Crippen LogP contribution < -0.4 is 4.74 Å². The lowest BCUT2D eigenvalue weighted by molar-refractivity contribution is 0.468. The van der Waals surface area contributed by atoms with Gasteiger partial charge in [-0.15, -0.1) is 11.3 Å². The van der Waals surface area contributed by atoms with Crippen molar-refractivity contribution in [3.63, 3.8) is 0 Å². The molecule has 0 saturated heterocycles. The van der Waals surface area contributed by atoms with Gasteiger partial charge in [-0.25, -0.2) is 4.98 Å². The third-order valence-electron chi connectivity index (χ3n) is 4.63. The maximum atomic E-state index is 9.15. The van der Waals surface area contributed by atoms with E-state index in [-0.39, 0.29) is 0 Å². The molecule has 0 saturated carbocycles. The molecule has 4 aromatic rings. The predicted octanol–water partition coefficient (Wildman–Crippen LogP) is 4.91. The van der Waals surface area contributed by atoms with E-state index in [0.717, 1.165) is 35.0 Å². The van der Waals surface area contributed by atoms with Gasteiger partial charge in [-0.05, 0) is 55.2 Å². The molecule has 0 fully saturated rings. The van der Waals surface area contributed by atoms with E-state index in [0.29, 0.717) is 23.0 Å². The molecule has 0 radical (unpaired) electrons. The van der Waals surface area contributed by atoms with Crippen molar-refractivity contribution in [3.05, 3.63) is 64.8 Å². The van der Waals surface area contributed by atoms with Crippen molar-refractivity contribution in [2.24, 2.45) is 0 Å². The molecule has 1 aromatic carbocycles. The van der Waals surface area contributed by atoms with Gasteiger partial charge in [0.25, 0.3) is 0 Å². The lowest BCUT2D eigenvalue weighted by atomic mass is 10.2. The van der Waals surface area contributed by atoms with Gasteiger partial charge in [0.1, 0.15) is 10.6 Å². The maximum Gasteiger partial charge on any atom is 0.231 e. The third-order valence-corrected chi connectivity index (χ3v) is 5.81. The number of fused-ring (bicyclic) bond motifs is 3. The minimum absolute atomic E-state index is 0.549. The van der Waals surface area contributed by atoms with E-state index >= 15 is 0 Å². The van der Waals surface area contributed by atoms with Gasteiger partial charge in [-0.3, -0.25) is 4.98 Å². The van der Waals surface area contributed by atoms with Crippen LogP contribution in [0.2, 0.25) is 0 Å². The molecule has 27 heavy (non-hydrogen) atoms. The van der Waals surface area contributed by atoms with Crippen LogP contribution in [-0.2, 0) is 12.8 Å². The van der Waals surface area contributed by atoms with Crippen LogP contribution in [0.1, 0.15) is 22.4 Å². The van der Waals surface area contributed by atoms with E-state index in [1.165, 1.54) is 10.4 Å². The zero-order valence-corrected chi connectivity index (χ0v) is 15.2. The van der Waals surface area contributed by atoms with Gasteiger partial charge in [0.05, 0.1) is 17.0 Å². The fourth-order valence-corrected chi connectivity index (χ4v) is 4.65. The molecule has 0 unspecified atom stereocenters. The summed E-state index contributed by atoms with van der Waals surface area (Å²) in [6, 6.07) is 13.1. The monoisotopic (exact) mass is 370 g/mol. The largest absolute Gasteiger partial charge is 0.438 e. The molecule has 0 N–H and O–H groups in total. The molecule has 3 heterocycles. The van der Waals surface area contributed by atoms with Gasteiger partial charge < -0.3 is 4.74 Å². The molecule has 130 valence electrons.